The summed E-state index contributed by atoms with van der Waals surface area (Å²) in [6.07, 6.45) is 4.32. The second kappa shape index (κ2) is 12.3. The normalized spacial score (nSPS) is 19.3. The number of carbonyl (C=O) groups excluding carboxylic acids is 1. The Morgan fingerprint density at radius 3 is 2.30 bits per heavy atom. The molecule has 2 saturated carbocycles. The maximum atomic E-state index is 13.3. The van der Waals surface area contributed by atoms with Crippen molar-refractivity contribution in [2.45, 2.75) is 75.9 Å². The molecule has 2 aliphatic rings. The quantitative estimate of drug-likeness (QED) is 0.201. The van der Waals surface area contributed by atoms with Crippen molar-refractivity contribution in [2.75, 3.05) is 19.0 Å². The topological polar surface area (TPSA) is 81.9 Å². The van der Waals surface area contributed by atoms with Crippen LogP contribution in [0.1, 0.15) is 96.3 Å². The number of aromatic nitrogens is 4. The second-order valence-corrected chi connectivity index (χ2v) is 11.7. The number of rotatable bonds is 9. The van der Waals surface area contributed by atoms with E-state index < -0.39 is 17.7 Å². The molecule has 0 radical (unpaired) electrons. The number of methoxy groups -OCH3 is 1. The number of nitrogens with one attached hydrogen (secondary N) is 1. The number of alkyl halides is 3. The number of fused-ring (bicyclic) bond motifs is 1. The van der Waals surface area contributed by atoms with Gasteiger partial charge in [0.25, 0.3) is 0 Å². The molecule has 2 heterocycles. The molecule has 226 valence electrons. The van der Waals surface area contributed by atoms with E-state index in [0.29, 0.717) is 41.6 Å². The van der Waals surface area contributed by atoms with Crippen molar-refractivity contribution < 1.29 is 22.7 Å². The molecule has 1 N–H and O–H groups in total. The third kappa shape index (κ3) is 6.24. The summed E-state index contributed by atoms with van der Waals surface area (Å²) in [5.41, 5.74) is 2.28. The van der Waals surface area contributed by atoms with E-state index in [9.17, 15) is 18.0 Å². The van der Waals surface area contributed by atoms with Crippen LogP contribution in [-0.2, 0) is 17.5 Å². The number of halogens is 3. The first-order valence-electron chi connectivity index (χ1n) is 15.1. The van der Waals surface area contributed by atoms with Gasteiger partial charge in [-0.05, 0) is 54.4 Å². The van der Waals surface area contributed by atoms with Crippen molar-refractivity contribution >= 4 is 23.0 Å². The molecule has 2 fully saturated rings. The molecule has 2 aliphatic carbocycles. The van der Waals surface area contributed by atoms with Crippen LogP contribution >= 0.6 is 0 Å². The van der Waals surface area contributed by atoms with Gasteiger partial charge < -0.3 is 14.6 Å². The fourth-order valence-electron chi connectivity index (χ4n) is 6.50. The summed E-state index contributed by atoms with van der Waals surface area (Å²) < 4.78 is 47.0. The van der Waals surface area contributed by atoms with Crippen LogP contribution in [0.25, 0.3) is 11.2 Å². The van der Waals surface area contributed by atoms with Crippen molar-refractivity contribution in [1.82, 2.24) is 19.5 Å². The first kappa shape index (κ1) is 29.1. The van der Waals surface area contributed by atoms with E-state index >= 15 is 0 Å². The summed E-state index contributed by atoms with van der Waals surface area (Å²) >= 11 is 0. The van der Waals surface area contributed by atoms with Gasteiger partial charge in [-0.2, -0.15) is 13.2 Å². The predicted octanol–water partition coefficient (Wildman–Crippen LogP) is 7.72. The first-order valence-corrected chi connectivity index (χ1v) is 15.1. The molecular formula is C33H36F3N5O2. The molecule has 2 aromatic carbocycles. The van der Waals surface area contributed by atoms with E-state index in [4.69, 9.17) is 9.72 Å². The van der Waals surface area contributed by atoms with Crippen LogP contribution < -0.4 is 5.32 Å². The third-order valence-electron chi connectivity index (χ3n) is 9.02. The highest BCUT2D eigenvalue weighted by Gasteiger charge is 2.34. The maximum absolute atomic E-state index is 13.3. The van der Waals surface area contributed by atoms with Crippen LogP contribution in [-0.4, -0.2) is 39.1 Å². The van der Waals surface area contributed by atoms with Gasteiger partial charge in [-0.15, -0.1) is 0 Å². The van der Waals surface area contributed by atoms with Crippen LogP contribution in [0.15, 0.2) is 54.6 Å². The highest BCUT2D eigenvalue weighted by molar-refractivity contribution is 5.91. The van der Waals surface area contributed by atoms with E-state index in [1.807, 2.05) is 18.2 Å². The Kier molecular flexibility index (Phi) is 8.36. The zero-order valence-corrected chi connectivity index (χ0v) is 24.2. The fraction of sp³-hybridized carbons (Fsp3) is 0.455. The third-order valence-corrected chi connectivity index (χ3v) is 9.02. The number of hydrogen-bond donors (Lipinski definition) is 1. The minimum absolute atomic E-state index is 0.0594. The summed E-state index contributed by atoms with van der Waals surface area (Å²) in [5.74, 6) is 1.53. The number of carbonyl (C=O) groups is 1. The Balaban J connectivity index is 1.47. The number of nitrogens with zero attached hydrogens (tertiary/aromatic N) is 4. The molecule has 0 amide bonds. The summed E-state index contributed by atoms with van der Waals surface area (Å²) in [6, 6.07) is 15.7. The lowest BCUT2D eigenvalue weighted by Gasteiger charge is -2.32. The van der Waals surface area contributed by atoms with Crippen LogP contribution in [0, 0.1) is 5.92 Å². The zero-order valence-electron chi connectivity index (χ0n) is 24.2. The van der Waals surface area contributed by atoms with E-state index in [1.54, 1.807) is 0 Å². The van der Waals surface area contributed by atoms with Gasteiger partial charge in [0, 0.05) is 19.0 Å². The van der Waals surface area contributed by atoms with Crippen LogP contribution in [0.3, 0.4) is 0 Å². The average Bonchev–Trinajstić information content (AvgIpc) is 3.36. The van der Waals surface area contributed by atoms with Gasteiger partial charge in [-0.3, -0.25) is 0 Å². The van der Waals surface area contributed by atoms with Gasteiger partial charge in [0.2, 0.25) is 5.82 Å². The number of anilines is 1. The monoisotopic (exact) mass is 591 g/mol. The Labute approximate surface area is 248 Å². The van der Waals surface area contributed by atoms with Gasteiger partial charge in [0.15, 0.2) is 11.5 Å². The van der Waals surface area contributed by atoms with Crippen molar-refractivity contribution in [3.8, 4) is 0 Å². The van der Waals surface area contributed by atoms with Crippen LogP contribution in [0.2, 0.25) is 0 Å². The molecule has 0 aliphatic heterocycles. The Hall–Kier alpha value is -3.95. The SMILES string of the molecule is COC(=O)c1nc(NCCC2CCC2)c2c(n1)nc([C@@H]1CCCCC1c1ccccc1)n2Cc1ccc(C(F)(F)F)cc1. The number of benzene rings is 2. The van der Waals surface area contributed by atoms with Crippen molar-refractivity contribution in [2.24, 2.45) is 5.92 Å². The Bertz CT molecular complexity index is 1570. The molecule has 6 rings (SSSR count). The number of esters is 1. The highest BCUT2D eigenvalue weighted by atomic mass is 19.4. The molecule has 7 nitrogen and oxygen atoms in total. The molecular weight excluding hydrogens is 555 g/mol. The summed E-state index contributed by atoms with van der Waals surface area (Å²) in [6.45, 7) is 0.967. The van der Waals surface area contributed by atoms with Gasteiger partial charge in [-0.25, -0.2) is 19.7 Å². The lowest BCUT2D eigenvalue weighted by atomic mass is 9.75. The minimum atomic E-state index is -4.41. The highest BCUT2D eigenvalue weighted by Crippen LogP contribution is 2.45. The Morgan fingerprint density at radius 1 is 0.930 bits per heavy atom. The molecule has 10 heteroatoms. The molecule has 4 aromatic rings. The molecule has 2 atom stereocenters. The van der Waals surface area contributed by atoms with Gasteiger partial charge >= 0.3 is 12.1 Å². The molecule has 0 bridgehead atoms. The number of ether oxygens (including phenoxy) is 1. The second-order valence-electron chi connectivity index (χ2n) is 11.7. The molecule has 0 spiro atoms. The largest absolute Gasteiger partial charge is 0.463 e. The minimum Gasteiger partial charge on any atom is -0.463 e. The van der Waals surface area contributed by atoms with Crippen LogP contribution in [0.4, 0.5) is 19.0 Å². The molecule has 43 heavy (non-hydrogen) atoms. The molecule has 0 saturated heterocycles. The van der Waals surface area contributed by atoms with Gasteiger partial charge in [0.05, 0.1) is 12.7 Å². The number of imidazole rings is 1. The van der Waals surface area contributed by atoms with E-state index in [2.05, 4.69) is 32.0 Å². The summed E-state index contributed by atoms with van der Waals surface area (Å²) in [7, 11) is 1.29. The summed E-state index contributed by atoms with van der Waals surface area (Å²) in [4.78, 5) is 26.8. The van der Waals surface area contributed by atoms with E-state index in [-0.39, 0.29) is 17.7 Å². The lowest BCUT2D eigenvalue weighted by Crippen LogP contribution is -2.21. The maximum Gasteiger partial charge on any atom is 0.416 e. The number of hydrogen-bond acceptors (Lipinski definition) is 6. The van der Waals surface area contributed by atoms with Gasteiger partial charge in [-0.1, -0.05) is 74.6 Å². The van der Waals surface area contributed by atoms with Crippen LogP contribution in [0.5, 0.6) is 0 Å². The summed E-state index contributed by atoms with van der Waals surface area (Å²) in [5, 5.41) is 3.45. The zero-order chi connectivity index (χ0) is 30.0. The standard InChI is InChI=1S/C33H36F3N5O2/c1-43-32(42)30-38-28(37-19-18-21-8-7-9-21)27-29(39-30)40-31(26-13-6-5-12-25(26)23-10-3-2-4-11-23)41(27)20-22-14-16-24(17-15-22)33(34,35)36/h2-4,10-11,14-17,21,25-26H,5-9,12-13,18-20H2,1H3,(H,37,38,39)/t25?,26-/m1/s1. The van der Waals surface area contributed by atoms with E-state index in [1.165, 1.54) is 44.1 Å². The lowest BCUT2D eigenvalue weighted by molar-refractivity contribution is -0.137. The van der Waals surface area contributed by atoms with Crippen molar-refractivity contribution in [3.63, 3.8) is 0 Å². The average molecular weight is 592 g/mol. The van der Waals surface area contributed by atoms with Gasteiger partial charge in [0.1, 0.15) is 11.3 Å². The van der Waals surface area contributed by atoms with Crippen molar-refractivity contribution in [3.05, 3.63) is 82.9 Å². The molecule has 2 aromatic heterocycles. The Morgan fingerprint density at radius 2 is 1.65 bits per heavy atom. The predicted molar refractivity (Wildman–Crippen MR) is 158 cm³/mol. The fourth-order valence-corrected chi connectivity index (χ4v) is 6.50. The first-order chi connectivity index (χ1) is 20.8. The van der Waals surface area contributed by atoms with E-state index in [0.717, 1.165) is 50.1 Å². The molecule has 1 unspecified atom stereocenters. The smallest absolute Gasteiger partial charge is 0.416 e. The van der Waals surface area contributed by atoms with Crippen molar-refractivity contribution in [1.29, 1.82) is 0 Å².